The fourth-order valence-electron chi connectivity index (χ4n) is 2.32. The Morgan fingerprint density at radius 2 is 1.76 bits per heavy atom. The van der Waals surface area contributed by atoms with Crippen molar-refractivity contribution in [1.82, 2.24) is 4.48 Å². The Morgan fingerprint density at radius 1 is 1.14 bits per heavy atom. The number of aliphatic hydroxyl groups is 1. The van der Waals surface area contributed by atoms with Gasteiger partial charge in [-0.25, -0.2) is 9.28 Å². The molecule has 0 saturated carbocycles. The first-order chi connectivity index (χ1) is 10.0. The molecule has 0 saturated heterocycles. The first kappa shape index (κ1) is 15.7. The minimum absolute atomic E-state index is 0.0826. The summed E-state index contributed by atoms with van der Waals surface area (Å²) in [5, 5.41) is 9.85. The molecular formula is C17H19ClNO2+. The summed E-state index contributed by atoms with van der Waals surface area (Å²) in [5.41, 5.74) is 2.82. The molecule has 0 heterocycles. The molecule has 0 spiro atoms. The monoisotopic (exact) mass is 304 g/mol. The van der Waals surface area contributed by atoms with Gasteiger partial charge in [-0.15, -0.1) is 0 Å². The van der Waals surface area contributed by atoms with E-state index in [4.69, 9.17) is 16.7 Å². The SMILES string of the molecule is CC[N+](C)(C(=O)CO)c1ccc(-c2ccccc2Cl)cc1. The van der Waals surface area contributed by atoms with E-state index in [0.717, 1.165) is 16.8 Å². The molecule has 0 aliphatic heterocycles. The number of benzene rings is 2. The number of halogens is 1. The Balaban J connectivity index is 2.39. The summed E-state index contributed by atoms with van der Waals surface area (Å²) in [4.78, 5) is 12.0. The highest BCUT2D eigenvalue weighted by Gasteiger charge is 2.31. The molecule has 1 unspecified atom stereocenters. The molecule has 0 aromatic heterocycles. The van der Waals surface area contributed by atoms with Gasteiger partial charge in [0.2, 0.25) is 0 Å². The van der Waals surface area contributed by atoms with Crippen molar-refractivity contribution >= 4 is 23.2 Å². The zero-order valence-corrected chi connectivity index (χ0v) is 13.0. The maximum absolute atomic E-state index is 12.0. The Hall–Kier alpha value is -1.68. The molecule has 0 fully saturated rings. The summed E-state index contributed by atoms with van der Waals surface area (Å²) >= 11 is 6.20. The van der Waals surface area contributed by atoms with Crippen LogP contribution in [0.1, 0.15) is 6.92 Å². The number of hydrogen-bond donors (Lipinski definition) is 1. The Labute approximate surface area is 130 Å². The highest BCUT2D eigenvalue weighted by atomic mass is 35.5. The van der Waals surface area contributed by atoms with Gasteiger partial charge in [0, 0.05) is 22.7 Å². The maximum atomic E-state index is 12.0. The molecule has 4 heteroatoms. The van der Waals surface area contributed by atoms with Crippen molar-refractivity contribution in [2.45, 2.75) is 6.92 Å². The molecule has 21 heavy (non-hydrogen) atoms. The van der Waals surface area contributed by atoms with Crippen molar-refractivity contribution in [3.63, 3.8) is 0 Å². The van der Waals surface area contributed by atoms with Gasteiger partial charge in [-0.2, -0.15) is 0 Å². The third-order valence-electron chi connectivity index (χ3n) is 3.94. The van der Waals surface area contributed by atoms with E-state index in [0.29, 0.717) is 11.6 Å². The Bertz CT molecular complexity index is 639. The van der Waals surface area contributed by atoms with Gasteiger partial charge in [0.1, 0.15) is 5.69 Å². The van der Waals surface area contributed by atoms with Crippen LogP contribution in [-0.2, 0) is 4.79 Å². The van der Waals surface area contributed by atoms with Crippen LogP contribution in [0.5, 0.6) is 0 Å². The molecule has 1 amide bonds. The highest BCUT2D eigenvalue weighted by Crippen LogP contribution is 2.30. The molecule has 2 rings (SSSR count). The maximum Gasteiger partial charge on any atom is 0.344 e. The van der Waals surface area contributed by atoms with Gasteiger partial charge in [-0.1, -0.05) is 29.8 Å². The van der Waals surface area contributed by atoms with Gasteiger partial charge in [0.15, 0.2) is 6.61 Å². The summed E-state index contributed by atoms with van der Waals surface area (Å²) in [6.45, 7) is 2.05. The number of nitrogens with zero attached hydrogens (tertiary/aromatic N) is 1. The lowest BCUT2D eigenvalue weighted by Gasteiger charge is -2.29. The van der Waals surface area contributed by atoms with Crippen LogP contribution in [0.2, 0.25) is 5.02 Å². The Kier molecular flexibility index (Phi) is 4.78. The van der Waals surface area contributed by atoms with Crippen LogP contribution in [0, 0.1) is 0 Å². The zero-order valence-electron chi connectivity index (χ0n) is 12.2. The summed E-state index contributed by atoms with van der Waals surface area (Å²) in [5.74, 6) is -0.219. The second-order valence-electron chi connectivity index (χ2n) is 5.09. The van der Waals surface area contributed by atoms with Crippen molar-refractivity contribution in [3.8, 4) is 11.1 Å². The highest BCUT2D eigenvalue weighted by molar-refractivity contribution is 6.33. The Morgan fingerprint density at radius 3 is 2.29 bits per heavy atom. The van der Waals surface area contributed by atoms with Gasteiger partial charge in [-0.05, 0) is 30.7 Å². The second-order valence-corrected chi connectivity index (χ2v) is 5.49. The van der Waals surface area contributed by atoms with Crippen molar-refractivity contribution in [3.05, 3.63) is 53.6 Å². The quantitative estimate of drug-likeness (QED) is 0.878. The number of amides is 1. The first-order valence-corrected chi connectivity index (χ1v) is 7.26. The third-order valence-corrected chi connectivity index (χ3v) is 4.27. The molecule has 2 aromatic rings. The number of carbonyl (C=O) groups is 1. The van der Waals surface area contributed by atoms with Crippen LogP contribution in [0.4, 0.5) is 5.69 Å². The van der Waals surface area contributed by atoms with E-state index in [1.807, 2.05) is 62.5 Å². The minimum Gasteiger partial charge on any atom is -0.382 e. The van der Waals surface area contributed by atoms with E-state index in [9.17, 15) is 4.79 Å². The average molecular weight is 305 g/mol. The number of carbonyl (C=O) groups excluding carboxylic acids is 1. The fraction of sp³-hybridized carbons (Fsp3) is 0.235. The zero-order chi connectivity index (χ0) is 15.5. The minimum atomic E-state index is -0.462. The smallest absolute Gasteiger partial charge is 0.344 e. The van der Waals surface area contributed by atoms with E-state index in [2.05, 4.69) is 0 Å². The van der Waals surface area contributed by atoms with E-state index < -0.39 is 6.61 Å². The number of aliphatic hydroxyl groups excluding tert-OH is 1. The summed E-state index contributed by atoms with van der Waals surface area (Å²) in [6.07, 6.45) is 0. The van der Waals surface area contributed by atoms with Crippen LogP contribution in [-0.4, -0.2) is 31.2 Å². The van der Waals surface area contributed by atoms with E-state index in [-0.39, 0.29) is 10.4 Å². The fourth-order valence-corrected chi connectivity index (χ4v) is 2.57. The van der Waals surface area contributed by atoms with Gasteiger partial charge in [0.25, 0.3) is 0 Å². The van der Waals surface area contributed by atoms with Crippen molar-refractivity contribution in [2.75, 3.05) is 20.2 Å². The molecule has 1 N–H and O–H groups in total. The number of quaternary nitrogens is 1. The number of rotatable bonds is 4. The molecule has 110 valence electrons. The molecule has 2 aromatic carbocycles. The normalized spacial score (nSPS) is 13.7. The lowest BCUT2D eigenvalue weighted by Crippen LogP contribution is -2.51. The molecule has 3 nitrogen and oxygen atoms in total. The lowest BCUT2D eigenvalue weighted by molar-refractivity contribution is -0.131. The summed E-state index contributed by atoms with van der Waals surface area (Å²) in [7, 11) is 1.81. The van der Waals surface area contributed by atoms with Gasteiger partial charge >= 0.3 is 5.91 Å². The molecule has 0 radical (unpaired) electrons. The van der Waals surface area contributed by atoms with Crippen molar-refractivity contribution < 1.29 is 9.90 Å². The summed E-state index contributed by atoms with van der Waals surface area (Å²) < 4.78 is 0.0826. The van der Waals surface area contributed by atoms with Crippen LogP contribution in [0.25, 0.3) is 11.1 Å². The number of hydrogen-bond acceptors (Lipinski definition) is 2. The predicted octanol–water partition coefficient (Wildman–Crippen LogP) is 3.48. The molecule has 0 aliphatic rings. The number of likely N-dealkylation sites (N-methyl/N-ethyl adjacent to an activating group) is 1. The van der Waals surface area contributed by atoms with Crippen molar-refractivity contribution in [2.24, 2.45) is 0 Å². The van der Waals surface area contributed by atoms with Gasteiger partial charge < -0.3 is 5.11 Å². The topological polar surface area (TPSA) is 37.3 Å². The second kappa shape index (κ2) is 6.39. The largest absolute Gasteiger partial charge is 0.382 e. The molecular weight excluding hydrogens is 286 g/mol. The lowest BCUT2D eigenvalue weighted by atomic mass is 10.0. The van der Waals surface area contributed by atoms with E-state index in [1.54, 1.807) is 0 Å². The van der Waals surface area contributed by atoms with Crippen LogP contribution in [0.3, 0.4) is 0 Å². The summed E-state index contributed by atoms with van der Waals surface area (Å²) in [6, 6.07) is 15.4. The van der Waals surface area contributed by atoms with Crippen LogP contribution < -0.4 is 4.48 Å². The standard InChI is InChI=1S/C17H19ClNO2/c1-3-19(2,17(21)12-20)14-10-8-13(9-11-14)15-6-4-5-7-16(15)18/h4-11,20H,3,12H2,1-2H3/q+1. The van der Waals surface area contributed by atoms with E-state index in [1.165, 1.54) is 0 Å². The van der Waals surface area contributed by atoms with Crippen molar-refractivity contribution in [1.29, 1.82) is 0 Å². The van der Waals surface area contributed by atoms with Gasteiger partial charge in [-0.3, -0.25) is 0 Å². The molecule has 0 aliphatic carbocycles. The van der Waals surface area contributed by atoms with E-state index >= 15 is 0 Å². The predicted molar refractivity (Wildman–Crippen MR) is 87.2 cm³/mol. The van der Waals surface area contributed by atoms with Gasteiger partial charge in [0.05, 0.1) is 13.6 Å². The average Bonchev–Trinajstić information content (AvgIpc) is 2.54. The first-order valence-electron chi connectivity index (χ1n) is 6.88. The third kappa shape index (κ3) is 3.00. The van der Waals surface area contributed by atoms with Crippen LogP contribution >= 0.6 is 11.6 Å². The van der Waals surface area contributed by atoms with Crippen LogP contribution in [0.15, 0.2) is 48.5 Å². The molecule has 1 atom stereocenters. The molecule has 0 bridgehead atoms.